The summed E-state index contributed by atoms with van der Waals surface area (Å²) in [4.78, 5) is 0. The van der Waals surface area contributed by atoms with Crippen molar-refractivity contribution in [2.45, 2.75) is 63.0 Å². The van der Waals surface area contributed by atoms with Crippen LogP contribution in [-0.4, -0.2) is 10.5 Å². The molecule has 0 spiro atoms. The molecule has 1 saturated heterocycles. The van der Waals surface area contributed by atoms with Crippen molar-refractivity contribution in [2.75, 3.05) is 5.75 Å². The minimum Gasteiger partial charge on any atom is -0.197 e. The Morgan fingerprint density at radius 3 is 2.64 bits per heavy atom. The highest BCUT2D eigenvalue weighted by Crippen LogP contribution is 2.41. The molecule has 1 nitrogen and oxygen atoms in total. The molecule has 0 amide bonds. The second kappa shape index (κ2) is 6.35. The molecule has 14 heavy (non-hydrogen) atoms. The van der Waals surface area contributed by atoms with Gasteiger partial charge in [-0.05, 0) is 25.0 Å². The molecule has 0 aromatic heterocycles. The van der Waals surface area contributed by atoms with Gasteiger partial charge in [0.15, 0.2) is 0 Å². The first-order valence-electron chi connectivity index (χ1n) is 5.88. The molecule has 1 aliphatic rings. The molecule has 1 heterocycles. The van der Waals surface area contributed by atoms with Crippen LogP contribution >= 0.6 is 11.8 Å². The van der Waals surface area contributed by atoms with Crippen molar-refractivity contribution in [1.29, 1.82) is 5.26 Å². The number of nitriles is 1. The zero-order valence-electron chi connectivity index (χ0n) is 9.22. The van der Waals surface area contributed by atoms with Gasteiger partial charge in [0.1, 0.15) is 4.75 Å². The Bertz CT molecular complexity index is 189. The van der Waals surface area contributed by atoms with Crippen molar-refractivity contribution >= 4 is 11.8 Å². The molecule has 1 rings (SSSR count). The lowest BCUT2D eigenvalue weighted by Gasteiger charge is -2.18. The van der Waals surface area contributed by atoms with E-state index in [9.17, 15) is 0 Å². The lowest BCUT2D eigenvalue weighted by Crippen LogP contribution is -2.17. The SMILES string of the molecule is CCCCCCCC1(C#N)CCCS1. The highest BCUT2D eigenvalue weighted by molar-refractivity contribution is 8.01. The van der Waals surface area contributed by atoms with Gasteiger partial charge in [-0.25, -0.2) is 0 Å². The molecule has 1 atom stereocenters. The van der Waals surface area contributed by atoms with E-state index in [1.165, 1.54) is 44.3 Å². The summed E-state index contributed by atoms with van der Waals surface area (Å²) in [5.74, 6) is 1.20. The van der Waals surface area contributed by atoms with Crippen LogP contribution in [0.1, 0.15) is 58.3 Å². The van der Waals surface area contributed by atoms with Crippen molar-refractivity contribution < 1.29 is 0 Å². The standard InChI is InChI=1S/C12H21NS/c1-2-3-4-5-6-8-12(11-13)9-7-10-14-12/h2-10H2,1H3. The largest absolute Gasteiger partial charge is 0.197 e. The van der Waals surface area contributed by atoms with Gasteiger partial charge >= 0.3 is 0 Å². The van der Waals surface area contributed by atoms with Crippen molar-refractivity contribution in [3.05, 3.63) is 0 Å². The molecule has 0 saturated carbocycles. The maximum Gasteiger partial charge on any atom is 0.102 e. The Labute approximate surface area is 92.3 Å². The lowest BCUT2D eigenvalue weighted by atomic mass is 9.97. The third kappa shape index (κ3) is 3.53. The number of nitrogens with zero attached hydrogens (tertiary/aromatic N) is 1. The monoisotopic (exact) mass is 211 g/mol. The summed E-state index contributed by atoms with van der Waals surface area (Å²) >= 11 is 1.89. The summed E-state index contributed by atoms with van der Waals surface area (Å²) in [7, 11) is 0. The second-order valence-electron chi connectivity index (χ2n) is 4.22. The van der Waals surface area contributed by atoms with Crippen molar-refractivity contribution in [1.82, 2.24) is 0 Å². The van der Waals surface area contributed by atoms with E-state index in [-0.39, 0.29) is 4.75 Å². The third-order valence-corrected chi connectivity index (χ3v) is 4.54. The van der Waals surface area contributed by atoms with Gasteiger partial charge in [0.25, 0.3) is 0 Å². The molecule has 0 bridgehead atoms. The molecule has 0 aliphatic carbocycles. The van der Waals surface area contributed by atoms with Crippen LogP contribution in [-0.2, 0) is 0 Å². The van der Waals surface area contributed by atoms with E-state index in [1.807, 2.05) is 11.8 Å². The minimum absolute atomic E-state index is 0.00617. The fourth-order valence-electron chi connectivity index (χ4n) is 2.05. The van der Waals surface area contributed by atoms with Crippen molar-refractivity contribution in [3.8, 4) is 6.07 Å². The van der Waals surface area contributed by atoms with Crippen LogP contribution in [0, 0.1) is 11.3 Å². The molecule has 2 heteroatoms. The quantitative estimate of drug-likeness (QED) is 0.617. The van der Waals surface area contributed by atoms with E-state index >= 15 is 0 Å². The maximum absolute atomic E-state index is 9.15. The Morgan fingerprint density at radius 2 is 2.07 bits per heavy atom. The second-order valence-corrected chi connectivity index (χ2v) is 5.70. The average Bonchev–Trinajstić information content (AvgIpc) is 2.67. The summed E-state index contributed by atoms with van der Waals surface area (Å²) in [6.45, 7) is 2.24. The van der Waals surface area contributed by atoms with E-state index in [1.54, 1.807) is 0 Å². The number of hydrogen-bond acceptors (Lipinski definition) is 2. The molecule has 1 aliphatic heterocycles. The highest BCUT2D eigenvalue weighted by Gasteiger charge is 2.33. The van der Waals surface area contributed by atoms with Gasteiger partial charge in [-0.2, -0.15) is 5.26 Å². The van der Waals surface area contributed by atoms with Gasteiger partial charge in [0, 0.05) is 0 Å². The molecule has 0 aromatic carbocycles. The topological polar surface area (TPSA) is 23.8 Å². The van der Waals surface area contributed by atoms with E-state index < -0.39 is 0 Å². The van der Waals surface area contributed by atoms with E-state index in [4.69, 9.17) is 5.26 Å². The number of hydrogen-bond donors (Lipinski definition) is 0. The van der Waals surface area contributed by atoms with E-state index in [0.717, 1.165) is 12.8 Å². The first-order chi connectivity index (χ1) is 6.83. The minimum atomic E-state index is 0.00617. The van der Waals surface area contributed by atoms with Gasteiger partial charge in [0.2, 0.25) is 0 Å². The molecule has 1 unspecified atom stereocenters. The fraction of sp³-hybridized carbons (Fsp3) is 0.917. The average molecular weight is 211 g/mol. The van der Waals surface area contributed by atoms with Gasteiger partial charge in [0.05, 0.1) is 6.07 Å². The van der Waals surface area contributed by atoms with E-state index in [0.29, 0.717) is 0 Å². The van der Waals surface area contributed by atoms with Gasteiger partial charge in [-0.3, -0.25) is 0 Å². The van der Waals surface area contributed by atoms with Crippen LogP contribution in [0.2, 0.25) is 0 Å². The Balaban J connectivity index is 2.13. The van der Waals surface area contributed by atoms with Crippen LogP contribution in [0.25, 0.3) is 0 Å². The molecule has 0 radical (unpaired) electrons. The summed E-state index contributed by atoms with van der Waals surface area (Å²) in [6.07, 6.45) is 10.1. The highest BCUT2D eigenvalue weighted by atomic mass is 32.2. The van der Waals surface area contributed by atoms with Crippen LogP contribution < -0.4 is 0 Å². The van der Waals surface area contributed by atoms with Crippen molar-refractivity contribution in [3.63, 3.8) is 0 Å². The Morgan fingerprint density at radius 1 is 1.29 bits per heavy atom. The molecule has 80 valence electrons. The molecular formula is C12H21NS. The zero-order valence-corrected chi connectivity index (χ0v) is 10.0. The lowest BCUT2D eigenvalue weighted by molar-refractivity contribution is 0.546. The summed E-state index contributed by atoms with van der Waals surface area (Å²) in [6, 6.07) is 2.53. The van der Waals surface area contributed by atoms with Crippen LogP contribution in [0.3, 0.4) is 0 Å². The normalized spacial score (nSPS) is 26.3. The smallest absolute Gasteiger partial charge is 0.102 e. The van der Waals surface area contributed by atoms with Gasteiger partial charge in [-0.15, -0.1) is 11.8 Å². The predicted octanol–water partition coefficient (Wildman–Crippen LogP) is 4.14. The summed E-state index contributed by atoms with van der Waals surface area (Å²) in [5, 5.41) is 9.15. The number of thioether (sulfide) groups is 1. The number of rotatable bonds is 6. The summed E-state index contributed by atoms with van der Waals surface area (Å²) in [5.41, 5.74) is 0. The first-order valence-corrected chi connectivity index (χ1v) is 6.87. The first kappa shape index (κ1) is 11.9. The molecular weight excluding hydrogens is 190 g/mol. The Kier molecular flexibility index (Phi) is 5.40. The summed E-state index contributed by atoms with van der Waals surface area (Å²) < 4.78 is 0.00617. The van der Waals surface area contributed by atoms with E-state index in [2.05, 4.69) is 13.0 Å². The fourth-order valence-corrected chi connectivity index (χ4v) is 3.37. The molecule has 1 fully saturated rings. The van der Waals surface area contributed by atoms with Gasteiger partial charge < -0.3 is 0 Å². The maximum atomic E-state index is 9.15. The van der Waals surface area contributed by atoms with Crippen LogP contribution in [0.5, 0.6) is 0 Å². The van der Waals surface area contributed by atoms with Crippen molar-refractivity contribution in [2.24, 2.45) is 0 Å². The Hall–Kier alpha value is -0.160. The molecule has 0 aromatic rings. The van der Waals surface area contributed by atoms with Gasteiger partial charge in [-0.1, -0.05) is 39.0 Å². The molecule has 0 N–H and O–H groups in total. The van der Waals surface area contributed by atoms with Crippen LogP contribution in [0.15, 0.2) is 0 Å². The van der Waals surface area contributed by atoms with Crippen LogP contribution in [0.4, 0.5) is 0 Å². The zero-order chi connectivity index (χ0) is 10.3. The third-order valence-electron chi connectivity index (χ3n) is 2.99. The predicted molar refractivity (Wildman–Crippen MR) is 63.4 cm³/mol. The number of unbranched alkanes of at least 4 members (excludes halogenated alkanes) is 4.